The fraction of sp³-hybridized carbons (Fsp3) is 0.476. The summed E-state index contributed by atoms with van der Waals surface area (Å²) < 4.78 is 10.7. The van der Waals surface area contributed by atoms with Crippen molar-refractivity contribution in [1.29, 1.82) is 0 Å². The van der Waals surface area contributed by atoms with Crippen LogP contribution in [0.25, 0.3) is 0 Å². The fourth-order valence-electron chi connectivity index (χ4n) is 3.88. The first-order valence-electron chi connectivity index (χ1n) is 10.3. The minimum Gasteiger partial charge on any atom is -0.459 e. The molecule has 2 aliphatic rings. The van der Waals surface area contributed by atoms with Crippen LogP contribution in [0.1, 0.15) is 17.0 Å². The number of rotatable bonds is 6. The highest BCUT2D eigenvalue weighted by Gasteiger charge is 2.44. The van der Waals surface area contributed by atoms with E-state index in [1.54, 1.807) is 17.2 Å². The van der Waals surface area contributed by atoms with Crippen LogP contribution in [0, 0.1) is 0 Å². The molecule has 2 saturated heterocycles. The third-order valence-electron chi connectivity index (χ3n) is 5.65. The first kappa shape index (κ1) is 21.3. The summed E-state index contributed by atoms with van der Waals surface area (Å²) in [5.41, 5.74) is 0. The smallest absolute Gasteiger partial charge is 0.287 e. The van der Waals surface area contributed by atoms with E-state index >= 15 is 0 Å². The van der Waals surface area contributed by atoms with Crippen molar-refractivity contribution in [3.05, 3.63) is 48.6 Å². The van der Waals surface area contributed by atoms with Gasteiger partial charge in [-0.15, -0.1) is 0 Å². The number of nitrogens with zero attached hydrogens (tertiary/aromatic N) is 3. The summed E-state index contributed by atoms with van der Waals surface area (Å²) >= 11 is 0. The molecular weight excluding hydrogens is 404 g/mol. The number of nitrogens with one attached hydrogen (secondary N) is 1. The first-order chi connectivity index (χ1) is 15.0. The van der Waals surface area contributed by atoms with Crippen LogP contribution in [0.4, 0.5) is 5.82 Å². The summed E-state index contributed by atoms with van der Waals surface area (Å²) in [6, 6.07) is 8.84. The highest BCUT2D eigenvalue weighted by molar-refractivity contribution is 5.91. The number of hydrogen-bond donors (Lipinski definition) is 3. The minimum absolute atomic E-state index is 0.00873. The lowest BCUT2D eigenvalue weighted by atomic mass is 10.0. The van der Waals surface area contributed by atoms with Gasteiger partial charge in [-0.25, -0.2) is 4.98 Å². The van der Waals surface area contributed by atoms with Crippen molar-refractivity contribution in [1.82, 2.24) is 15.2 Å². The van der Waals surface area contributed by atoms with Gasteiger partial charge in [0.15, 0.2) is 5.76 Å². The molecule has 2 aliphatic heterocycles. The molecule has 10 nitrogen and oxygen atoms in total. The average molecular weight is 430 g/mol. The summed E-state index contributed by atoms with van der Waals surface area (Å²) in [6.45, 7) is 2.42. The molecule has 2 aromatic heterocycles. The molecule has 2 amide bonds. The van der Waals surface area contributed by atoms with Crippen molar-refractivity contribution in [2.24, 2.45) is 0 Å². The third kappa shape index (κ3) is 4.87. The highest BCUT2D eigenvalue weighted by Crippen LogP contribution is 2.24. The number of aliphatic hydroxyl groups excluding tert-OH is 2. The molecule has 31 heavy (non-hydrogen) atoms. The Morgan fingerprint density at radius 1 is 1.06 bits per heavy atom. The molecule has 0 saturated carbocycles. The molecular formula is C21H26N4O6. The number of furan rings is 1. The van der Waals surface area contributed by atoms with Crippen LogP contribution in [0.3, 0.4) is 0 Å². The predicted octanol–water partition coefficient (Wildman–Crippen LogP) is -0.367. The van der Waals surface area contributed by atoms with Gasteiger partial charge in [0.25, 0.3) is 5.91 Å². The number of aliphatic hydroxyl groups is 2. The number of ether oxygens (including phenoxy) is 1. The number of carbonyl (C=O) groups is 2. The van der Waals surface area contributed by atoms with Crippen LogP contribution < -0.4 is 10.2 Å². The molecule has 2 fully saturated rings. The number of piperazine rings is 1. The minimum atomic E-state index is -1.20. The third-order valence-corrected chi connectivity index (χ3v) is 5.65. The lowest BCUT2D eigenvalue weighted by molar-refractivity contribution is -0.135. The lowest BCUT2D eigenvalue weighted by Gasteiger charge is -2.36. The monoisotopic (exact) mass is 430 g/mol. The van der Waals surface area contributed by atoms with E-state index in [0.717, 1.165) is 5.82 Å². The fourth-order valence-corrected chi connectivity index (χ4v) is 3.88. The quantitative estimate of drug-likeness (QED) is 0.567. The summed E-state index contributed by atoms with van der Waals surface area (Å²) in [5.74, 6) is 0.439. The average Bonchev–Trinajstić information content (AvgIpc) is 3.43. The Morgan fingerprint density at radius 3 is 2.52 bits per heavy atom. The van der Waals surface area contributed by atoms with Gasteiger partial charge in [0.1, 0.15) is 24.1 Å². The number of carbonyl (C=O) groups excluding carboxylic acids is 2. The summed E-state index contributed by atoms with van der Waals surface area (Å²) in [5, 5.41) is 23.2. The van der Waals surface area contributed by atoms with Crippen LogP contribution in [0.2, 0.25) is 0 Å². The molecule has 3 N–H and O–H groups in total. The number of hydrogen-bond acceptors (Lipinski definition) is 8. The summed E-state index contributed by atoms with van der Waals surface area (Å²) in [7, 11) is 0. The Labute approximate surface area is 179 Å². The molecule has 10 heteroatoms. The van der Waals surface area contributed by atoms with Crippen molar-refractivity contribution in [3.63, 3.8) is 0 Å². The van der Waals surface area contributed by atoms with Crippen molar-refractivity contribution in [3.8, 4) is 0 Å². The van der Waals surface area contributed by atoms with E-state index in [1.807, 2.05) is 18.2 Å². The van der Waals surface area contributed by atoms with Crippen molar-refractivity contribution in [2.45, 2.75) is 30.8 Å². The Kier molecular flexibility index (Phi) is 6.50. The van der Waals surface area contributed by atoms with Gasteiger partial charge < -0.3 is 34.5 Å². The Hall–Kier alpha value is -2.95. The van der Waals surface area contributed by atoms with E-state index in [4.69, 9.17) is 9.15 Å². The van der Waals surface area contributed by atoms with E-state index in [-0.39, 0.29) is 24.6 Å². The van der Waals surface area contributed by atoms with Crippen LogP contribution in [-0.4, -0.2) is 89.1 Å². The first-order valence-corrected chi connectivity index (χ1v) is 10.3. The zero-order valence-corrected chi connectivity index (χ0v) is 17.0. The maximum Gasteiger partial charge on any atom is 0.287 e. The van der Waals surface area contributed by atoms with E-state index < -0.39 is 30.3 Å². The van der Waals surface area contributed by atoms with Gasteiger partial charge in [0.05, 0.1) is 18.8 Å². The molecule has 0 bridgehead atoms. The van der Waals surface area contributed by atoms with Crippen LogP contribution >= 0.6 is 0 Å². The molecule has 4 rings (SSSR count). The standard InChI is InChI=1S/C21H26N4O6/c26-18(25-9-7-24(8-10-25)17-5-1-2-6-22-17)12-15-19(27)20(28)16(31-15)13-23-21(29)14-4-3-11-30-14/h1-6,11,15-16,19-20,27-28H,7-10,12-13H2,(H,23,29)/t15-,16+,19-,20+/m0/s1. The van der Waals surface area contributed by atoms with Crippen molar-refractivity contribution in [2.75, 3.05) is 37.6 Å². The van der Waals surface area contributed by atoms with Crippen LogP contribution in [0.5, 0.6) is 0 Å². The SMILES string of the molecule is O=C(NC[C@H]1O[C@@H](CC(=O)N2CCN(c3ccccn3)CC2)[C@H](O)[C@@H]1O)c1ccco1. The summed E-state index contributed by atoms with van der Waals surface area (Å²) in [6.07, 6.45) is -0.957. The number of pyridine rings is 1. The molecule has 2 aromatic rings. The second-order valence-electron chi connectivity index (χ2n) is 7.64. The Morgan fingerprint density at radius 2 is 1.84 bits per heavy atom. The van der Waals surface area contributed by atoms with Gasteiger partial charge in [-0.2, -0.15) is 0 Å². The van der Waals surface area contributed by atoms with Gasteiger partial charge in [0.2, 0.25) is 5.91 Å². The molecule has 0 aliphatic carbocycles. The maximum absolute atomic E-state index is 12.7. The van der Waals surface area contributed by atoms with Gasteiger partial charge in [0, 0.05) is 38.9 Å². The van der Waals surface area contributed by atoms with Crippen LogP contribution in [0.15, 0.2) is 47.2 Å². The van der Waals surface area contributed by atoms with E-state index in [1.165, 1.54) is 12.3 Å². The van der Waals surface area contributed by atoms with E-state index in [9.17, 15) is 19.8 Å². The molecule has 0 unspecified atom stereocenters. The van der Waals surface area contributed by atoms with Crippen molar-refractivity contribution >= 4 is 17.6 Å². The zero-order chi connectivity index (χ0) is 21.8. The number of aromatic nitrogens is 1. The van der Waals surface area contributed by atoms with Gasteiger partial charge in [-0.1, -0.05) is 6.07 Å². The molecule has 166 valence electrons. The van der Waals surface area contributed by atoms with Crippen molar-refractivity contribution < 1.29 is 29.0 Å². The van der Waals surface area contributed by atoms with E-state index in [2.05, 4.69) is 15.2 Å². The molecule has 0 aromatic carbocycles. The highest BCUT2D eigenvalue weighted by atomic mass is 16.5. The topological polar surface area (TPSA) is 128 Å². The largest absolute Gasteiger partial charge is 0.459 e. The van der Waals surface area contributed by atoms with E-state index in [0.29, 0.717) is 26.2 Å². The normalized spacial score (nSPS) is 26.1. The Bertz CT molecular complexity index is 869. The Balaban J connectivity index is 1.25. The zero-order valence-electron chi connectivity index (χ0n) is 17.0. The second kappa shape index (κ2) is 9.46. The number of anilines is 1. The van der Waals surface area contributed by atoms with Gasteiger partial charge >= 0.3 is 0 Å². The molecule has 0 radical (unpaired) electrons. The van der Waals surface area contributed by atoms with Crippen LogP contribution in [-0.2, 0) is 9.53 Å². The molecule has 4 atom stereocenters. The van der Waals surface area contributed by atoms with Gasteiger partial charge in [-0.3, -0.25) is 9.59 Å². The van der Waals surface area contributed by atoms with Gasteiger partial charge in [-0.05, 0) is 24.3 Å². The lowest BCUT2D eigenvalue weighted by Crippen LogP contribution is -2.50. The molecule has 0 spiro atoms. The second-order valence-corrected chi connectivity index (χ2v) is 7.64. The molecule has 4 heterocycles. The number of amides is 2. The summed E-state index contributed by atoms with van der Waals surface area (Å²) in [4.78, 5) is 32.9. The maximum atomic E-state index is 12.7. The predicted molar refractivity (Wildman–Crippen MR) is 109 cm³/mol.